The van der Waals surface area contributed by atoms with Crippen molar-refractivity contribution in [3.63, 3.8) is 0 Å². The third kappa shape index (κ3) is 3.45. The van der Waals surface area contributed by atoms with Crippen LogP contribution in [-0.4, -0.2) is 16.0 Å². The molecule has 1 N–H and O–H groups in total. The van der Waals surface area contributed by atoms with E-state index in [2.05, 4.69) is 6.58 Å². The lowest BCUT2D eigenvalue weighted by molar-refractivity contribution is -0.384. The second-order valence-corrected chi connectivity index (χ2v) is 5.64. The van der Waals surface area contributed by atoms with Crippen molar-refractivity contribution in [2.75, 3.05) is 0 Å². The molecule has 0 bridgehead atoms. The maximum Gasteiger partial charge on any atom is 0.341 e. The van der Waals surface area contributed by atoms with E-state index in [1.807, 2.05) is 30.3 Å². The Morgan fingerprint density at radius 2 is 1.69 bits per heavy atom. The normalized spacial score (nSPS) is 11.7. The van der Waals surface area contributed by atoms with E-state index in [0.717, 1.165) is 10.8 Å². The van der Waals surface area contributed by atoms with Gasteiger partial charge in [-0.3, -0.25) is 10.1 Å². The molecule has 0 aromatic heterocycles. The molecule has 0 aliphatic carbocycles. The highest BCUT2D eigenvalue weighted by Gasteiger charge is 2.21. The summed E-state index contributed by atoms with van der Waals surface area (Å²) in [6.07, 6.45) is -1.32. The average Bonchev–Trinajstić information content (AvgIpc) is 2.67. The first-order chi connectivity index (χ1) is 12.5. The lowest BCUT2D eigenvalue weighted by Gasteiger charge is -2.14. The van der Waals surface area contributed by atoms with Crippen LogP contribution in [0.2, 0.25) is 0 Å². The molecule has 6 heteroatoms. The van der Waals surface area contributed by atoms with Crippen LogP contribution in [0.4, 0.5) is 5.69 Å². The first kappa shape index (κ1) is 17.3. The first-order valence-corrected chi connectivity index (χ1v) is 7.78. The van der Waals surface area contributed by atoms with Crippen LogP contribution in [-0.2, 0) is 4.79 Å². The van der Waals surface area contributed by atoms with Crippen molar-refractivity contribution in [1.82, 2.24) is 0 Å². The standard InChI is InChI=1S/C20H15NO5/c1-13(19(22)15-9-11-16(12-10-15)21(24)25)20(23)26-18-8-4-6-14-5-2-3-7-17(14)18/h2-12,19,22H,1H2/t19-/m0/s1. The fourth-order valence-electron chi connectivity index (χ4n) is 2.54. The van der Waals surface area contributed by atoms with E-state index in [4.69, 9.17) is 4.74 Å². The Morgan fingerprint density at radius 3 is 2.38 bits per heavy atom. The van der Waals surface area contributed by atoms with E-state index in [1.54, 1.807) is 12.1 Å². The zero-order valence-electron chi connectivity index (χ0n) is 13.7. The Labute approximate surface area is 149 Å². The number of nitrogens with zero attached hydrogens (tertiary/aromatic N) is 1. The summed E-state index contributed by atoms with van der Waals surface area (Å²) < 4.78 is 5.39. The molecular formula is C20H15NO5. The molecule has 0 aliphatic rings. The molecule has 0 spiro atoms. The molecule has 1 atom stereocenters. The van der Waals surface area contributed by atoms with Crippen molar-refractivity contribution in [1.29, 1.82) is 0 Å². The highest BCUT2D eigenvalue weighted by molar-refractivity contribution is 5.95. The summed E-state index contributed by atoms with van der Waals surface area (Å²) in [5.74, 6) is -0.405. The van der Waals surface area contributed by atoms with Gasteiger partial charge in [0, 0.05) is 17.5 Å². The fourth-order valence-corrected chi connectivity index (χ4v) is 2.54. The van der Waals surface area contributed by atoms with Gasteiger partial charge in [-0.1, -0.05) is 43.0 Å². The van der Waals surface area contributed by atoms with Crippen molar-refractivity contribution in [2.45, 2.75) is 6.10 Å². The van der Waals surface area contributed by atoms with E-state index in [0.29, 0.717) is 11.3 Å². The van der Waals surface area contributed by atoms with Crippen LogP contribution in [0.3, 0.4) is 0 Å². The van der Waals surface area contributed by atoms with Crippen molar-refractivity contribution in [3.05, 3.63) is 94.6 Å². The summed E-state index contributed by atoms with van der Waals surface area (Å²) in [5.41, 5.74) is 0.0483. The van der Waals surface area contributed by atoms with Gasteiger partial charge in [-0.25, -0.2) is 4.79 Å². The number of ether oxygens (including phenoxy) is 1. The molecule has 6 nitrogen and oxygen atoms in total. The van der Waals surface area contributed by atoms with Gasteiger partial charge in [-0.2, -0.15) is 0 Å². The van der Waals surface area contributed by atoms with Gasteiger partial charge in [0.15, 0.2) is 0 Å². The van der Waals surface area contributed by atoms with E-state index < -0.39 is 17.0 Å². The minimum absolute atomic E-state index is 0.107. The maximum absolute atomic E-state index is 12.4. The number of esters is 1. The van der Waals surface area contributed by atoms with Gasteiger partial charge in [-0.15, -0.1) is 0 Å². The van der Waals surface area contributed by atoms with E-state index in [-0.39, 0.29) is 11.3 Å². The molecular weight excluding hydrogens is 334 g/mol. The third-order valence-electron chi connectivity index (χ3n) is 3.96. The van der Waals surface area contributed by atoms with Crippen LogP contribution in [0.25, 0.3) is 10.8 Å². The quantitative estimate of drug-likeness (QED) is 0.248. The van der Waals surface area contributed by atoms with Crippen LogP contribution >= 0.6 is 0 Å². The van der Waals surface area contributed by atoms with Crippen LogP contribution in [0, 0.1) is 10.1 Å². The summed E-state index contributed by atoms with van der Waals surface area (Å²) in [6, 6.07) is 18.0. The van der Waals surface area contributed by atoms with Crippen LogP contribution in [0.5, 0.6) is 5.75 Å². The summed E-state index contributed by atoms with van der Waals surface area (Å²) >= 11 is 0. The Morgan fingerprint density at radius 1 is 1.04 bits per heavy atom. The second-order valence-electron chi connectivity index (χ2n) is 5.64. The lowest BCUT2D eigenvalue weighted by atomic mass is 10.0. The number of fused-ring (bicyclic) bond motifs is 1. The number of nitro groups is 1. The summed E-state index contributed by atoms with van der Waals surface area (Å²) in [4.78, 5) is 22.5. The van der Waals surface area contributed by atoms with Gasteiger partial charge in [0.2, 0.25) is 0 Å². The van der Waals surface area contributed by atoms with Crippen molar-refractivity contribution in [2.24, 2.45) is 0 Å². The number of aliphatic hydroxyl groups is 1. The molecule has 0 unspecified atom stereocenters. The molecule has 26 heavy (non-hydrogen) atoms. The Kier molecular flexibility index (Phi) is 4.77. The number of rotatable bonds is 5. The molecule has 0 saturated heterocycles. The van der Waals surface area contributed by atoms with Gasteiger partial charge in [0.25, 0.3) is 5.69 Å². The second kappa shape index (κ2) is 7.16. The highest BCUT2D eigenvalue weighted by atomic mass is 16.6. The number of non-ortho nitro benzene ring substituents is 1. The SMILES string of the molecule is C=C(C(=O)Oc1cccc2ccccc12)[C@H](O)c1ccc([N+](=O)[O-])cc1. The van der Waals surface area contributed by atoms with Gasteiger partial charge < -0.3 is 9.84 Å². The largest absolute Gasteiger partial charge is 0.422 e. The molecule has 0 aliphatic heterocycles. The molecule has 0 radical (unpaired) electrons. The molecule has 3 rings (SSSR count). The average molecular weight is 349 g/mol. The Hall–Kier alpha value is -3.51. The molecule has 3 aromatic rings. The van der Waals surface area contributed by atoms with Crippen LogP contribution < -0.4 is 4.74 Å². The monoisotopic (exact) mass is 349 g/mol. The topological polar surface area (TPSA) is 89.7 Å². The number of benzene rings is 3. The summed E-state index contributed by atoms with van der Waals surface area (Å²) in [7, 11) is 0. The molecule has 3 aromatic carbocycles. The number of hydrogen-bond acceptors (Lipinski definition) is 5. The fraction of sp³-hybridized carbons (Fsp3) is 0.0500. The smallest absolute Gasteiger partial charge is 0.341 e. The predicted molar refractivity (Wildman–Crippen MR) is 96.8 cm³/mol. The third-order valence-corrected chi connectivity index (χ3v) is 3.96. The van der Waals surface area contributed by atoms with Crippen molar-refractivity contribution >= 4 is 22.4 Å². The molecule has 0 amide bonds. The van der Waals surface area contributed by atoms with Gasteiger partial charge in [-0.05, 0) is 29.1 Å². The number of carbonyl (C=O) groups is 1. The summed E-state index contributed by atoms with van der Waals surface area (Å²) in [6.45, 7) is 3.61. The highest BCUT2D eigenvalue weighted by Crippen LogP contribution is 2.28. The lowest BCUT2D eigenvalue weighted by Crippen LogP contribution is -2.16. The van der Waals surface area contributed by atoms with Crippen molar-refractivity contribution < 1.29 is 19.6 Å². The molecule has 130 valence electrons. The van der Waals surface area contributed by atoms with E-state index >= 15 is 0 Å². The maximum atomic E-state index is 12.4. The molecule has 0 heterocycles. The number of nitro benzene ring substituents is 1. The Balaban J connectivity index is 1.78. The molecule has 0 saturated carbocycles. The zero-order chi connectivity index (χ0) is 18.7. The predicted octanol–water partition coefficient (Wildman–Crippen LogP) is 3.94. The minimum Gasteiger partial charge on any atom is -0.422 e. The molecule has 0 fully saturated rings. The minimum atomic E-state index is -1.32. The first-order valence-electron chi connectivity index (χ1n) is 7.78. The number of carbonyl (C=O) groups excluding carboxylic acids is 1. The van der Waals surface area contributed by atoms with Gasteiger partial charge >= 0.3 is 5.97 Å². The van der Waals surface area contributed by atoms with Gasteiger partial charge in [0.05, 0.1) is 10.5 Å². The van der Waals surface area contributed by atoms with Gasteiger partial charge in [0.1, 0.15) is 11.9 Å². The zero-order valence-corrected chi connectivity index (χ0v) is 13.7. The van der Waals surface area contributed by atoms with E-state index in [9.17, 15) is 20.0 Å². The van der Waals surface area contributed by atoms with Crippen molar-refractivity contribution in [3.8, 4) is 5.75 Å². The number of hydrogen-bond donors (Lipinski definition) is 1. The van der Waals surface area contributed by atoms with Crippen LogP contribution in [0.1, 0.15) is 11.7 Å². The Bertz CT molecular complexity index is 989. The van der Waals surface area contributed by atoms with Crippen LogP contribution in [0.15, 0.2) is 78.9 Å². The number of aliphatic hydroxyl groups excluding tert-OH is 1. The van der Waals surface area contributed by atoms with E-state index in [1.165, 1.54) is 24.3 Å². The summed E-state index contributed by atoms with van der Waals surface area (Å²) in [5, 5.41) is 22.7.